The van der Waals surface area contributed by atoms with E-state index in [0.717, 1.165) is 17.5 Å². The number of pyridine rings is 1. The Morgan fingerprint density at radius 2 is 2.00 bits per heavy atom. The van der Waals surface area contributed by atoms with Crippen LogP contribution < -0.4 is 4.72 Å². The quantitative estimate of drug-likeness (QED) is 0.888. The van der Waals surface area contributed by atoms with Crippen LogP contribution in [0.4, 0.5) is 5.69 Å². The highest BCUT2D eigenvalue weighted by Crippen LogP contribution is 2.21. The van der Waals surface area contributed by atoms with E-state index in [-0.39, 0.29) is 11.5 Å². The smallest absolute Gasteiger partial charge is 0.261 e. The summed E-state index contributed by atoms with van der Waals surface area (Å²) in [6.45, 7) is 3.58. The molecule has 0 radical (unpaired) electrons. The van der Waals surface area contributed by atoms with E-state index in [1.807, 2.05) is 6.92 Å². The fraction of sp³-hybridized carbons (Fsp3) is 0.267. The Morgan fingerprint density at radius 3 is 2.62 bits per heavy atom. The lowest BCUT2D eigenvalue weighted by Gasteiger charge is -2.12. The molecule has 0 aliphatic heterocycles. The van der Waals surface area contributed by atoms with Crippen LogP contribution in [0.2, 0.25) is 0 Å². The highest BCUT2D eigenvalue weighted by Gasteiger charge is 2.16. The Labute approximate surface area is 124 Å². The number of hydrogen-bond donors (Lipinski definition) is 2. The number of aliphatic hydroxyl groups excluding tert-OH is 1. The molecular weight excluding hydrogens is 288 g/mol. The molecular formula is C15H18N2O3S. The molecule has 6 heteroatoms. The van der Waals surface area contributed by atoms with E-state index in [4.69, 9.17) is 0 Å². The van der Waals surface area contributed by atoms with Gasteiger partial charge in [-0.15, -0.1) is 0 Å². The Kier molecular flexibility index (Phi) is 4.59. The molecule has 0 saturated heterocycles. The molecule has 2 aromatic rings. The summed E-state index contributed by atoms with van der Waals surface area (Å²) >= 11 is 0. The molecule has 1 aromatic heterocycles. The topological polar surface area (TPSA) is 79.3 Å². The molecule has 0 bridgehead atoms. The lowest BCUT2D eigenvalue weighted by atomic mass is 10.1. The van der Waals surface area contributed by atoms with Gasteiger partial charge in [-0.25, -0.2) is 8.42 Å². The van der Waals surface area contributed by atoms with Gasteiger partial charge in [0, 0.05) is 6.20 Å². The summed E-state index contributed by atoms with van der Waals surface area (Å²) in [4.78, 5) is 4.05. The average Bonchev–Trinajstić information content (AvgIpc) is 2.48. The van der Waals surface area contributed by atoms with Crippen LogP contribution in [-0.2, 0) is 23.1 Å². The van der Waals surface area contributed by atoms with E-state index in [1.165, 1.54) is 12.3 Å². The van der Waals surface area contributed by atoms with Crippen LogP contribution in [0.25, 0.3) is 0 Å². The number of sulfonamides is 1. The van der Waals surface area contributed by atoms with E-state index in [0.29, 0.717) is 11.3 Å². The van der Waals surface area contributed by atoms with Gasteiger partial charge in [0.15, 0.2) is 0 Å². The summed E-state index contributed by atoms with van der Waals surface area (Å²) < 4.78 is 27.3. The standard InChI is InChI=1S/C15H18N2O3S/c1-3-12-4-5-14(8-13(12)10-18)21(19,20)17-15-9-16-7-6-11(15)2/h4-9,17-18H,3,10H2,1-2H3. The maximum absolute atomic E-state index is 12.4. The summed E-state index contributed by atoms with van der Waals surface area (Å²) in [6, 6.07) is 6.52. The third-order valence-electron chi connectivity index (χ3n) is 3.32. The minimum atomic E-state index is -3.69. The Bertz CT molecular complexity index is 742. The number of aromatic nitrogens is 1. The number of aryl methyl sites for hydroxylation is 2. The van der Waals surface area contributed by atoms with Crippen molar-refractivity contribution in [1.29, 1.82) is 0 Å². The molecule has 0 aliphatic rings. The van der Waals surface area contributed by atoms with Gasteiger partial charge in [-0.05, 0) is 48.2 Å². The molecule has 2 N–H and O–H groups in total. The lowest BCUT2D eigenvalue weighted by Crippen LogP contribution is -2.14. The first-order chi connectivity index (χ1) is 9.97. The monoisotopic (exact) mass is 306 g/mol. The molecule has 0 atom stereocenters. The highest BCUT2D eigenvalue weighted by atomic mass is 32.2. The van der Waals surface area contributed by atoms with Crippen LogP contribution >= 0.6 is 0 Å². The van der Waals surface area contributed by atoms with Crippen molar-refractivity contribution < 1.29 is 13.5 Å². The Balaban J connectivity index is 2.38. The SMILES string of the molecule is CCc1ccc(S(=O)(=O)Nc2cnccc2C)cc1CO. The van der Waals surface area contributed by atoms with Gasteiger partial charge in [0.25, 0.3) is 10.0 Å². The first-order valence-electron chi connectivity index (χ1n) is 6.64. The van der Waals surface area contributed by atoms with Gasteiger partial charge >= 0.3 is 0 Å². The third kappa shape index (κ3) is 3.40. The zero-order valence-corrected chi connectivity index (χ0v) is 12.8. The van der Waals surface area contributed by atoms with Gasteiger partial charge in [0.1, 0.15) is 0 Å². The zero-order valence-electron chi connectivity index (χ0n) is 12.0. The van der Waals surface area contributed by atoms with Gasteiger partial charge in [0.2, 0.25) is 0 Å². The molecule has 1 heterocycles. The van der Waals surface area contributed by atoms with Gasteiger partial charge in [-0.2, -0.15) is 0 Å². The summed E-state index contributed by atoms with van der Waals surface area (Å²) in [6.07, 6.45) is 3.82. The van der Waals surface area contributed by atoms with Crippen LogP contribution in [0, 0.1) is 6.92 Å². The maximum Gasteiger partial charge on any atom is 0.261 e. The molecule has 0 saturated carbocycles. The lowest BCUT2D eigenvalue weighted by molar-refractivity contribution is 0.280. The molecule has 0 spiro atoms. The Morgan fingerprint density at radius 1 is 1.24 bits per heavy atom. The summed E-state index contributed by atoms with van der Waals surface area (Å²) in [5.74, 6) is 0. The predicted molar refractivity (Wildman–Crippen MR) is 81.5 cm³/mol. The van der Waals surface area contributed by atoms with Crippen molar-refractivity contribution in [3.05, 3.63) is 53.3 Å². The zero-order chi connectivity index (χ0) is 15.5. The molecule has 0 unspecified atom stereocenters. The molecule has 1 aromatic carbocycles. The normalized spacial score (nSPS) is 11.4. The van der Waals surface area contributed by atoms with E-state index in [2.05, 4.69) is 9.71 Å². The fourth-order valence-corrected chi connectivity index (χ4v) is 3.20. The average molecular weight is 306 g/mol. The van der Waals surface area contributed by atoms with Crippen LogP contribution in [0.1, 0.15) is 23.6 Å². The molecule has 112 valence electrons. The first kappa shape index (κ1) is 15.5. The van der Waals surface area contributed by atoms with Crippen molar-refractivity contribution in [2.45, 2.75) is 31.8 Å². The second-order valence-corrected chi connectivity index (χ2v) is 6.42. The third-order valence-corrected chi connectivity index (χ3v) is 4.69. The second-order valence-electron chi connectivity index (χ2n) is 4.74. The van der Waals surface area contributed by atoms with E-state index >= 15 is 0 Å². The number of nitrogens with zero attached hydrogens (tertiary/aromatic N) is 1. The molecule has 21 heavy (non-hydrogen) atoms. The van der Waals surface area contributed by atoms with Crippen LogP contribution in [0.3, 0.4) is 0 Å². The van der Waals surface area contributed by atoms with Gasteiger partial charge < -0.3 is 5.11 Å². The number of aliphatic hydroxyl groups is 1. The highest BCUT2D eigenvalue weighted by molar-refractivity contribution is 7.92. The fourth-order valence-electron chi connectivity index (χ4n) is 2.04. The van der Waals surface area contributed by atoms with Gasteiger partial charge in [-0.3, -0.25) is 9.71 Å². The second kappa shape index (κ2) is 6.24. The number of nitrogens with one attached hydrogen (secondary N) is 1. The van der Waals surface area contributed by atoms with E-state index in [9.17, 15) is 13.5 Å². The van der Waals surface area contributed by atoms with E-state index in [1.54, 1.807) is 31.3 Å². The summed E-state index contributed by atoms with van der Waals surface area (Å²) in [5.41, 5.74) is 2.81. The number of hydrogen-bond acceptors (Lipinski definition) is 4. The number of benzene rings is 1. The van der Waals surface area contributed by atoms with Crippen molar-refractivity contribution in [3.63, 3.8) is 0 Å². The van der Waals surface area contributed by atoms with Crippen molar-refractivity contribution in [2.24, 2.45) is 0 Å². The first-order valence-corrected chi connectivity index (χ1v) is 8.12. The molecule has 2 rings (SSSR count). The molecule has 0 amide bonds. The largest absolute Gasteiger partial charge is 0.392 e. The molecule has 0 fully saturated rings. The van der Waals surface area contributed by atoms with Crippen molar-refractivity contribution in [3.8, 4) is 0 Å². The van der Waals surface area contributed by atoms with Gasteiger partial charge in [0.05, 0.1) is 23.4 Å². The minimum Gasteiger partial charge on any atom is -0.392 e. The van der Waals surface area contributed by atoms with Crippen molar-refractivity contribution in [2.75, 3.05) is 4.72 Å². The van der Waals surface area contributed by atoms with Crippen LogP contribution in [0.15, 0.2) is 41.6 Å². The van der Waals surface area contributed by atoms with Crippen molar-refractivity contribution >= 4 is 15.7 Å². The van der Waals surface area contributed by atoms with Crippen LogP contribution in [-0.4, -0.2) is 18.5 Å². The minimum absolute atomic E-state index is 0.131. The predicted octanol–water partition coefficient (Wildman–Crippen LogP) is 2.25. The Hall–Kier alpha value is -1.92. The molecule has 0 aliphatic carbocycles. The number of rotatable bonds is 5. The van der Waals surface area contributed by atoms with Gasteiger partial charge in [-0.1, -0.05) is 13.0 Å². The summed E-state index contributed by atoms with van der Waals surface area (Å²) in [7, 11) is -3.69. The number of anilines is 1. The molecule has 5 nitrogen and oxygen atoms in total. The van der Waals surface area contributed by atoms with Crippen LogP contribution in [0.5, 0.6) is 0 Å². The maximum atomic E-state index is 12.4. The van der Waals surface area contributed by atoms with Crippen molar-refractivity contribution in [1.82, 2.24) is 4.98 Å². The summed E-state index contributed by atoms with van der Waals surface area (Å²) in [5, 5.41) is 9.35. The van der Waals surface area contributed by atoms with E-state index < -0.39 is 10.0 Å².